The van der Waals surface area contributed by atoms with Crippen molar-refractivity contribution < 1.29 is 9.53 Å². The predicted molar refractivity (Wildman–Crippen MR) is 114 cm³/mol. The van der Waals surface area contributed by atoms with Crippen LogP contribution >= 0.6 is 0 Å². The molecule has 0 spiro atoms. The summed E-state index contributed by atoms with van der Waals surface area (Å²) in [5, 5.41) is 0. The van der Waals surface area contributed by atoms with Crippen LogP contribution in [0.4, 0.5) is 0 Å². The van der Waals surface area contributed by atoms with E-state index >= 15 is 0 Å². The van der Waals surface area contributed by atoms with Crippen LogP contribution in [0.25, 0.3) is 0 Å². The van der Waals surface area contributed by atoms with E-state index in [1.54, 1.807) is 0 Å². The highest BCUT2D eigenvalue weighted by Crippen LogP contribution is 2.28. The Hall–Kier alpha value is -1.82. The number of carbonyl (C=O) groups excluding carboxylic acids is 1. The summed E-state index contributed by atoms with van der Waals surface area (Å²) >= 11 is 0. The van der Waals surface area contributed by atoms with E-state index in [-0.39, 0.29) is 11.5 Å². The van der Waals surface area contributed by atoms with Crippen LogP contribution < -0.4 is 10.3 Å². The minimum atomic E-state index is -0.0379. The van der Waals surface area contributed by atoms with Gasteiger partial charge in [0.05, 0.1) is 6.61 Å². The van der Waals surface area contributed by atoms with E-state index in [0.29, 0.717) is 30.5 Å². The number of pyridine rings is 1. The van der Waals surface area contributed by atoms with E-state index in [2.05, 4.69) is 4.90 Å². The molecule has 4 rings (SSSR count). The van der Waals surface area contributed by atoms with Crippen molar-refractivity contribution in [2.75, 3.05) is 32.8 Å². The summed E-state index contributed by atoms with van der Waals surface area (Å²) in [4.78, 5) is 30.8. The third-order valence-corrected chi connectivity index (χ3v) is 6.88. The van der Waals surface area contributed by atoms with Crippen molar-refractivity contribution in [3.05, 3.63) is 27.7 Å². The second-order valence-electron chi connectivity index (χ2n) is 8.68. The van der Waals surface area contributed by atoms with Crippen LogP contribution in [0.3, 0.4) is 0 Å². The second-order valence-corrected chi connectivity index (χ2v) is 8.68. The van der Waals surface area contributed by atoms with Crippen LogP contribution in [0.2, 0.25) is 0 Å². The summed E-state index contributed by atoms with van der Waals surface area (Å²) in [5.74, 6) is 0.521. The molecular formula is C23H35N3O3. The molecule has 2 aliphatic heterocycles. The molecule has 160 valence electrons. The molecule has 1 aliphatic carbocycles. The van der Waals surface area contributed by atoms with Gasteiger partial charge in [0.25, 0.3) is 11.5 Å². The van der Waals surface area contributed by atoms with Gasteiger partial charge in [-0.05, 0) is 39.0 Å². The van der Waals surface area contributed by atoms with Crippen LogP contribution in [0, 0.1) is 0 Å². The molecule has 0 atom stereocenters. The van der Waals surface area contributed by atoms with Gasteiger partial charge >= 0.3 is 0 Å². The van der Waals surface area contributed by atoms with Crippen LogP contribution in [-0.2, 0) is 13.0 Å². The summed E-state index contributed by atoms with van der Waals surface area (Å²) in [6.07, 6.45) is 10.5. The summed E-state index contributed by atoms with van der Waals surface area (Å²) < 4.78 is 7.60. The molecule has 6 nitrogen and oxygen atoms in total. The normalized spacial score (nSPS) is 21.5. The molecule has 2 fully saturated rings. The Kier molecular flexibility index (Phi) is 6.58. The lowest BCUT2D eigenvalue weighted by molar-refractivity contribution is 0.0518. The molecule has 0 N–H and O–H groups in total. The third-order valence-electron chi connectivity index (χ3n) is 6.88. The first-order valence-corrected chi connectivity index (χ1v) is 11.6. The number of amides is 1. The largest absolute Gasteiger partial charge is 0.493 e. The number of ether oxygens (including phenoxy) is 1. The highest BCUT2D eigenvalue weighted by Gasteiger charge is 2.31. The van der Waals surface area contributed by atoms with E-state index in [4.69, 9.17) is 4.74 Å². The lowest BCUT2D eigenvalue weighted by Gasteiger charge is -2.41. The van der Waals surface area contributed by atoms with Crippen molar-refractivity contribution in [1.29, 1.82) is 0 Å². The number of carbonyl (C=O) groups is 1. The number of aromatic nitrogens is 1. The molecule has 1 aromatic rings. The van der Waals surface area contributed by atoms with Gasteiger partial charge in [-0.25, -0.2) is 0 Å². The smallest absolute Gasteiger partial charge is 0.259 e. The molecule has 0 aromatic carbocycles. The Morgan fingerprint density at radius 1 is 1.00 bits per heavy atom. The molecule has 0 radical (unpaired) electrons. The van der Waals surface area contributed by atoms with Gasteiger partial charge in [0.1, 0.15) is 11.3 Å². The first-order chi connectivity index (χ1) is 14.2. The quantitative estimate of drug-likeness (QED) is 0.778. The number of rotatable bonds is 4. The number of hydrogen-bond donors (Lipinski definition) is 0. The van der Waals surface area contributed by atoms with Gasteiger partial charge in [-0.1, -0.05) is 25.7 Å². The highest BCUT2D eigenvalue weighted by molar-refractivity contribution is 5.98. The number of fused-ring (bicyclic) bond motifs is 1. The average Bonchev–Trinajstić information content (AvgIpc) is 3.01. The van der Waals surface area contributed by atoms with Crippen molar-refractivity contribution in [3.8, 4) is 5.75 Å². The van der Waals surface area contributed by atoms with E-state index in [1.807, 2.05) is 16.4 Å². The summed E-state index contributed by atoms with van der Waals surface area (Å²) in [6.45, 7) is 6.50. The predicted octanol–water partition coefficient (Wildman–Crippen LogP) is 3.06. The average molecular weight is 402 g/mol. The SMILES string of the molecule is CCOc1cc(=O)n2c(c1C(=O)N1CCN(C3CCCCC3)CC1)CCCCC2. The minimum Gasteiger partial charge on any atom is -0.493 e. The van der Waals surface area contributed by atoms with E-state index in [1.165, 1.54) is 38.2 Å². The van der Waals surface area contributed by atoms with Gasteiger partial charge in [0, 0.05) is 50.5 Å². The third kappa shape index (κ3) is 4.37. The number of nitrogens with zero attached hydrogens (tertiary/aromatic N) is 3. The Morgan fingerprint density at radius 2 is 1.72 bits per heavy atom. The van der Waals surface area contributed by atoms with Gasteiger partial charge in [0.2, 0.25) is 0 Å². The van der Waals surface area contributed by atoms with Crippen LogP contribution in [0.5, 0.6) is 5.75 Å². The maximum absolute atomic E-state index is 13.6. The zero-order valence-electron chi connectivity index (χ0n) is 17.8. The summed E-state index contributed by atoms with van der Waals surface area (Å²) in [7, 11) is 0. The van der Waals surface area contributed by atoms with Gasteiger partial charge in [-0.15, -0.1) is 0 Å². The molecule has 3 heterocycles. The fourth-order valence-electron chi connectivity index (χ4n) is 5.31. The summed E-state index contributed by atoms with van der Waals surface area (Å²) in [5.41, 5.74) is 1.49. The van der Waals surface area contributed by atoms with Gasteiger partial charge in [-0.2, -0.15) is 0 Å². The van der Waals surface area contributed by atoms with Crippen molar-refractivity contribution >= 4 is 5.91 Å². The van der Waals surface area contributed by atoms with Crippen molar-refractivity contribution in [3.63, 3.8) is 0 Å². The Balaban J connectivity index is 1.55. The molecule has 6 heteroatoms. The molecule has 1 amide bonds. The molecule has 29 heavy (non-hydrogen) atoms. The standard InChI is InChI=1S/C23H35N3O3/c1-2-29-20-17-21(27)26-12-8-4-7-11-19(26)22(20)23(28)25-15-13-24(14-16-25)18-9-5-3-6-10-18/h17-18H,2-16H2,1H3. The van der Waals surface area contributed by atoms with E-state index in [9.17, 15) is 9.59 Å². The zero-order chi connectivity index (χ0) is 20.2. The fourth-order valence-corrected chi connectivity index (χ4v) is 5.31. The first-order valence-electron chi connectivity index (χ1n) is 11.6. The Labute approximate surface area is 173 Å². The molecule has 1 aromatic heterocycles. The highest BCUT2D eigenvalue weighted by atomic mass is 16.5. The molecule has 0 unspecified atom stereocenters. The monoisotopic (exact) mass is 401 g/mol. The minimum absolute atomic E-state index is 0.0379. The topological polar surface area (TPSA) is 54.8 Å². The number of hydrogen-bond acceptors (Lipinski definition) is 4. The molecular weight excluding hydrogens is 366 g/mol. The van der Waals surface area contributed by atoms with Crippen molar-refractivity contribution in [2.24, 2.45) is 0 Å². The van der Waals surface area contributed by atoms with Gasteiger partial charge in [-0.3, -0.25) is 14.5 Å². The van der Waals surface area contributed by atoms with Gasteiger partial charge < -0.3 is 14.2 Å². The van der Waals surface area contributed by atoms with E-state index < -0.39 is 0 Å². The van der Waals surface area contributed by atoms with Crippen LogP contribution in [0.1, 0.15) is 74.3 Å². The second kappa shape index (κ2) is 9.33. The Bertz CT molecular complexity index is 774. The fraction of sp³-hybridized carbons (Fsp3) is 0.739. The van der Waals surface area contributed by atoms with Gasteiger partial charge in [0.15, 0.2) is 0 Å². The first kappa shape index (κ1) is 20.5. The lowest BCUT2D eigenvalue weighted by atomic mass is 9.94. The summed E-state index contributed by atoms with van der Waals surface area (Å²) in [6, 6.07) is 2.23. The molecule has 3 aliphatic rings. The maximum Gasteiger partial charge on any atom is 0.259 e. The molecule has 1 saturated carbocycles. The zero-order valence-corrected chi connectivity index (χ0v) is 17.8. The van der Waals surface area contributed by atoms with E-state index in [0.717, 1.165) is 57.6 Å². The maximum atomic E-state index is 13.6. The van der Waals surface area contributed by atoms with Crippen molar-refractivity contribution in [1.82, 2.24) is 14.4 Å². The molecule has 1 saturated heterocycles. The number of piperazine rings is 1. The van der Waals surface area contributed by atoms with Crippen molar-refractivity contribution in [2.45, 2.75) is 77.3 Å². The Morgan fingerprint density at radius 3 is 2.45 bits per heavy atom. The van der Waals surface area contributed by atoms with Crippen LogP contribution in [0.15, 0.2) is 10.9 Å². The molecule has 0 bridgehead atoms. The lowest BCUT2D eigenvalue weighted by Crippen LogP contribution is -2.52. The van der Waals surface area contributed by atoms with Crippen LogP contribution in [-0.4, -0.2) is 59.1 Å².